The maximum atomic E-state index is 12.7. The number of aromatic amines is 1. The van der Waals surface area contributed by atoms with E-state index >= 15 is 0 Å². The number of aliphatic hydroxyl groups is 1. The second-order valence-corrected chi connectivity index (χ2v) is 7.87. The molecule has 0 aliphatic rings. The van der Waals surface area contributed by atoms with Crippen molar-refractivity contribution in [3.8, 4) is 6.07 Å². The Balaban J connectivity index is 1.96. The SMILES string of the molecule is CC(CCO)n1cc(S(=O)(=O)Nc2ccc(Cl)c3c(C#N)c[nH]c23)cn1. The van der Waals surface area contributed by atoms with Crippen LogP contribution in [0.2, 0.25) is 5.02 Å². The summed E-state index contributed by atoms with van der Waals surface area (Å²) in [6.45, 7) is 1.82. The molecule has 0 fully saturated rings. The molecule has 0 bridgehead atoms. The van der Waals surface area contributed by atoms with E-state index in [1.165, 1.54) is 35.4 Å². The third-order valence-corrected chi connectivity index (χ3v) is 5.67. The zero-order valence-electron chi connectivity index (χ0n) is 13.8. The van der Waals surface area contributed by atoms with Gasteiger partial charge in [0, 0.05) is 24.4 Å². The lowest BCUT2D eigenvalue weighted by molar-refractivity contribution is 0.257. The van der Waals surface area contributed by atoms with E-state index in [0.717, 1.165) is 0 Å². The van der Waals surface area contributed by atoms with Gasteiger partial charge in [-0.05, 0) is 25.5 Å². The third-order valence-electron chi connectivity index (χ3n) is 4.04. The number of nitrogens with one attached hydrogen (secondary N) is 2. The molecule has 8 nitrogen and oxygen atoms in total. The quantitative estimate of drug-likeness (QED) is 0.593. The number of halogens is 1. The minimum absolute atomic E-state index is 0.00236. The Morgan fingerprint density at radius 2 is 2.27 bits per heavy atom. The molecule has 0 spiro atoms. The lowest BCUT2D eigenvalue weighted by Crippen LogP contribution is -2.13. The average molecular weight is 394 g/mol. The molecular formula is C16H16ClN5O3S. The van der Waals surface area contributed by atoms with Gasteiger partial charge < -0.3 is 10.1 Å². The van der Waals surface area contributed by atoms with E-state index in [1.807, 2.05) is 13.0 Å². The van der Waals surface area contributed by atoms with E-state index < -0.39 is 10.0 Å². The maximum Gasteiger partial charge on any atom is 0.265 e. The zero-order chi connectivity index (χ0) is 18.9. The summed E-state index contributed by atoms with van der Waals surface area (Å²) in [6.07, 6.45) is 4.60. The Kier molecular flexibility index (Phi) is 4.91. The van der Waals surface area contributed by atoms with E-state index in [-0.39, 0.29) is 23.2 Å². The molecule has 3 N–H and O–H groups in total. The van der Waals surface area contributed by atoms with Crippen molar-refractivity contribution in [3.05, 3.63) is 41.3 Å². The first-order valence-corrected chi connectivity index (χ1v) is 9.61. The van der Waals surface area contributed by atoms with E-state index in [0.29, 0.717) is 27.9 Å². The highest BCUT2D eigenvalue weighted by Gasteiger charge is 2.20. The van der Waals surface area contributed by atoms with Gasteiger partial charge >= 0.3 is 0 Å². The molecule has 0 saturated heterocycles. The van der Waals surface area contributed by atoms with Crippen molar-refractivity contribution in [3.63, 3.8) is 0 Å². The molecular weight excluding hydrogens is 378 g/mol. The highest BCUT2D eigenvalue weighted by molar-refractivity contribution is 7.92. The van der Waals surface area contributed by atoms with Crippen LogP contribution < -0.4 is 4.72 Å². The molecule has 0 aliphatic carbocycles. The molecule has 0 amide bonds. The Hall–Kier alpha value is -2.54. The topological polar surface area (TPSA) is 124 Å². The number of aliphatic hydroxyl groups excluding tert-OH is 1. The first-order chi connectivity index (χ1) is 12.4. The predicted octanol–water partition coefficient (Wildman–Crippen LogP) is 2.63. The molecule has 0 radical (unpaired) electrons. The Bertz CT molecular complexity index is 1100. The van der Waals surface area contributed by atoms with Crippen LogP contribution in [-0.2, 0) is 10.0 Å². The van der Waals surface area contributed by atoms with Gasteiger partial charge in [-0.2, -0.15) is 10.4 Å². The van der Waals surface area contributed by atoms with Gasteiger partial charge in [0.2, 0.25) is 0 Å². The molecule has 26 heavy (non-hydrogen) atoms. The first kappa shape index (κ1) is 18.3. The number of H-pyrrole nitrogens is 1. The van der Waals surface area contributed by atoms with Gasteiger partial charge in [0.1, 0.15) is 11.0 Å². The summed E-state index contributed by atoms with van der Waals surface area (Å²) in [6, 6.07) is 4.94. The molecule has 1 atom stereocenters. The van der Waals surface area contributed by atoms with Crippen molar-refractivity contribution in [1.29, 1.82) is 5.26 Å². The smallest absolute Gasteiger partial charge is 0.265 e. The van der Waals surface area contributed by atoms with Crippen molar-refractivity contribution in [2.45, 2.75) is 24.3 Å². The Morgan fingerprint density at radius 3 is 2.96 bits per heavy atom. The highest BCUT2D eigenvalue weighted by atomic mass is 35.5. The standard InChI is InChI=1S/C16H16ClN5O3S/c1-10(4-5-23)22-9-12(8-20-22)26(24,25)21-14-3-2-13(17)15-11(6-18)7-19-16(14)15/h2-3,7-10,19,21,23H,4-5H2,1H3. The summed E-state index contributed by atoms with van der Waals surface area (Å²) in [5.74, 6) is 0. The fraction of sp³-hybridized carbons (Fsp3) is 0.250. The van der Waals surface area contributed by atoms with Crippen LogP contribution in [0.3, 0.4) is 0 Å². The van der Waals surface area contributed by atoms with Crippen LogP contribution in [0.15, 0.2) is 35.6 Å². The number of aromatic nitrogens is 3. The van der Waals surface area contributed by atoms with Crippen LogP contribution in [0.4, 0.5) is 5.69 Å². The normalized spacial score (nSPS) is 12.8. The molecule has 3 rings (SSSR count). The summed E-state index contributed by atoms with van der Waals surface area (Å²) in [7, 11) is -3.88. The van der Waals surface area contributed by atoms with E-state index in [4.69, 9.17) is 22.0 Å². The minimum Gasteiger partial charge on any atom is -0.396 e. The molecule has 1 unspecified atom stereocenters. The number of sulfonamides is 1. The number of hydrogen-bond donors (Lipinski definition) is 3. The van der Waals surface area contributed by atoms with Gasteiger partial charge in [-0.1, -0.05) is 11.6 Å². The van der Waals surface area contributed by atoms with Crippen molar-refractivity contribution < 1.29 is 13.5 Å². The highest BCUT2D eigenvalue weighted by Crippen LogP contribution is 2.32. The zero-order valence-corrected chi connectivity index (χ0v) is 15.3. The van der Waals surface area contributed by atoms with Crippen LogP contribution in [0, 0.1) is 11.3 Å². The number of fused-ring (bicyclic) bond motifs is 1. The van der Waals surface area contributed by atoms with Crippen LogP contribution >= 0.6 is 11.6 Å². The van der Waals surface area contributed by atoms with Crippen molar-refractivity contribution in [2.75, 3.05) is 11.3 Å². The van der Waals surface area contributed by atoms with E-state index in [9.17, 15) is 8.42 Å². The van der Waals surface area contributed by atoms with Crippen molar-refractivity contribution in [1.82, 2.24) is 14.8 Å². The van der Waals surface area contributed by atoms with Crippen LogP contribution in [-0.4, -0.2) is 34.9 Å². The maximum absolute atomic E-state index is 12.7. The summed E-state index contributed by atoms with van der Waals surface area (Å²) < 4.78 is 29.3. The molecule has 2 heterocycles. The van der Waals surface area contributed by atoms with Gasteiger partial charge in [-0.3, -0.25) is 9.40 Å². The number of nitriles is 1. The van der Waals surface area contributed by atoms with Crippen LogP contribution in [0.25, 0.3) is 10.9 Å². The summed E-state index contributed by atoms with van der Waals surface area (Å²) in [5.41, 5.74) is 1.04. The monoisotopic (exact) mass is 393 g/mol. The lowest BCUT2D eigenvalue weighted by atomic mass is 10.1. The number of anilines is 1. The molecule has 0 saturated carbocycles. The minimum atomic E-state index is -3.88. The molecule has 1 aromatic carbocycles. The second kappa shape index (κ2) is 6.99. The number of benzene rings is 1. The Morgan fingerprint density at radius 1 is 1.50 bits per heavy atom. The molecule has 2 aromatic heterocycles. The van der Waals surface area contributed by atoms with Crippen molar-refractivity contribution in [2.24, 2.45) is 0 Å². The van der Waals surface area contributed by atoms with Crippen LogP contribution in [0.5, 0.6) is 0 Å². The second-order valence-electron chi connectivity index (χ2n) is 5.78. The van der Waals surface area contributed by atoms with E-state index in [2.05, 4.69) is 14.8 Å². The number of rotatable bonds is 6. The predicted molar refractivity (Wildman–Crippen MR) is 97.5 cm³/mol. The third kappa shape index (κ3) is 3.26. The fourth-order valence-corrected chi connectivity index (χ4v) is 3.87. The molecule has 136 valence electrons. The summed E-state index contributed by atoms with van der Waals surface area (Å²) >= 11 is 6.13. The number of hydrogen-bond acceptors (Lipinski definition) is 5. The van der Waals surface area contributed by atoms with Crippen molar-refractivity contribution >= 4 is 38.2 Å². The molecule has 3 aromatic rings. The Labute approximate surface area is 155 Å². The summed E-state index contributed by atoms with van der Waals surface area (Å²) in [4.78, 5) is 2.88. The van der Waals surface area contributed by atoms with Gasteiger partial charge in [0.15, 0.2) is 0 Å². The number of nitrogens with zero attached hydrogens (tertiary/aromatic N) is 3. The van der Waals surface area contributed by atoms with Gasteiger partial charge in [0.05, 0.1) is 34.0 Å². The summed E-state index contributed by atoms with van der Waals surface area (Å²) in [5, 5.41) is 23.0. The molecule has 0 aliphatic heterocycles. The van der Waals surface area contributed by atoms with Gasteiger partial charge in [0.25, 0.3) is 10.0 Å². The van der Waals surface area contributed by atoms with Gasteiger partial charge in [-0.25, -0.2) is 8.42 Å². The fourth-order valence-electron chi connectivity index (χ4n) is 2.60. The van der Waals surface area contributed by atoms with Crippen LogP contribution in [0.1, 0.15) is 24.9 Å². The largest absolute Gasteiger partial charge is 0.396 e. The average Bonchev–Trinajstić information content (AvgIpc) is 3.25. The molecule has 10 heteroatoms. The first-order valence-electron chi connectivity index (χ1n) is 7.75. The lowest BCUT2D eigenvalue weighted by Gasteiger charge is -2.10. The van der Waals surface area contributed by atoms with Gasteiger partial charge in [-0.15, -0.1) is 0 Å². The van der Waals surface area contributed by atoms with E-state index in [1.54, 1.807) is 0 Å².